The number of para-hydroxylation sites is 1. The average Bonchev–Trinajstić information content (AvgIpc) is 2.49. The molecule has 110 valence electrons. The van der Waals surface area contributed by atoms with Crippen molar-refractivity contribution in [3.8, 4) is 5.75 Å². The molecular weight excluding hydrogens is 318 g/mol. The summed E-state index contributed by atoms with van der Waals surface area (Å²) in [4.78, 5) is 12.1. The summed E-state index contributed by atoms with van der Waals surface area (Å²) in [6.07, 6.45) is 6.23. The minimum Gasteiger partial charge on any atom is -0.493 e. The van der Waals surface area contributed by atoms with E-state index in [-0.39, 0.29) is 11.4 Å². The molecule has 4 heteroatoms. The number of ether oxygens (including phenoxy) is 1. The zero-order valence-corrected chi connectivity index (χ0v) is 13.3. The fourth-order valence-corrected chi connectivity index (χ4v) is 3.36. The first-order valence-electron chi connectivity index (χ1n) is 7.29. The van der Waals surface area contributed by atoms with Crippen molar-refractivity contribution in [2.45, 2.75) is 44.1 Å². The van der Waals surface area contributed by atoms with Crippen molar-refractivity contribution < 1.29 is 9.53 Å². The molecule has 0 spiro atoms. The number of carbonyl (C=O) groups excluding carboxylic acids is 1. The zero-order chi connectivity index (χ0) is 14.3. The first-order chi connectivity index (χ1) is 9.74. The second kappa shape index (κ2) is 7.67. The molecule has 3 nitrogen and oxygen atoms in total. The van der Waals surface area contributed by atoms with Crippen LogP contribution in [0.25, 0.3) is 0 Å². The molecule has 1 aliphatic rings. The van der Waals surface area contributed by atoms with Gasteiger partial charge in [-0.1, -0.05) is 53.4 Å². The van der Waals surface area contributed by atoms with Crippen LogP contribution in [0.5, 0.6) is 5.75 Å². The van der Waals surface area contributed by atoms with E-state index in [1.54, 1.807) is 0 Å². The number of rotatable bonds is 6. The minimum absolute atomic E-state index is 0.0396. The van der Waals surface area contributed by atoms with Gasteiger partial charge in [-0.15, -0.1) is 0 Å². The summed E-state index contributed by atoms with van der Waals surface area (Å²) < 4.78 is 5.56. The fraction of sp³-hybridized carbons (Fsp3) is 0.562. The van der Waals surface area contributed by atoms with E-state index in [1.165, 1.54) is 19.3 Å². The maximum atomic E-state index is 12.1. The zero-order valence-electron chi connectivity index (χ0n) is 11.7. The summed E-state index contributed by atoms with van der Waals surface area (Å²) in [6.45, 7) is 0.425. The van der Waals surface area contributed by atoms with Gasteiger partial charge in [-0.2, -0.15) is 0 Å². The van der Waals surface area contributed by atoms with Crippen LogP contribution in [0.4, 0.5) is 0 Å². The Hall–Kier alpha value is -1.03. The van der Waals surface area contributed by atoms with Gasteiger partial charge >= 0.3 is 0 Å². The molecule has 0 aliphatic heterocycles. The molecule has 1 aliphatic carbocycles. The molecule has 1 amide bonds. The Bertz CT molecular complexity index is 416. The molecule has 0 bridgehead atoms. The lowest BCUT2D eigenvalue weighted by Gasteiger charge is -2.36. The Balaban J connectivity index is 1.74. The molecule has 1 aromatic rings. The highest BCUT2D eigenvalue weighted by Gasteiger charge is 2.32. The molecule has 0 atom stereocenters. The molecule has 1 fully saturated rings. The molecule has 1 N–H and O–H groups in total. The molecule has 2 rings (SSSR count). The third-order valence-corrected chi connectivity index (χ3v) is 4.89. The van der Waals surface area contributed by atoms with Gasteiger partial charge in [0.15, 0.2) is 0 Å². The molecule has 0 unspecified atom stereocenters. The lowest BCUT2D eigenvalue weighted by atomic mass is 9.83. The van der Waals surface area contributed by atoms with Crippen LogP contribution in [0.1, 0.15) is 38.5 Å². The van der Waals surface area contributed by atoms with Crippen LogP contribution in [0.3, 0.4) is 0 Å². The van der Waals surface area contributed by atoms with Gasteiger partial charge in [0.25, 0.3) is 0 Å². The topological polar surface area (TPSA) is 38.3 Å². The maximum absolute atomic E-state index is 12.1. The summed E-state index contributed by atoms with van der Waals surface area (Å²) in [6, 6.07) is 9.61. The summed E-state index contributed by atoms with van der Waals surface area (Å²) in [5, 5.41) is 4.04. The van der Waals surface area contributed by atoms with E-state index >= 15 is 0 Å². The van der Waals surface area contributed by atoms with Crippen LogP contribution in [-0.2, 0) is 4.79 Å². The van der Waals surface area contributed by atoms with Gasteiger partial charge < -0.3 is 10.1 Å². The quantitative estimate of drug-likeness (QED) is 0.803. The Morgan fingerprint density at radius 1 is 1.20 bits per heavy atom. The number of hydrogen-bond donors (Lipinski definition) is 1. The van der Waals surface area contributed by atoms with Crippen molar-refractivity contribution in [3.63, 3.8) is 0 Å². The highest BCUT2D eigenvalue weighted by molar-refractivity contribution is 9.09. The number of hydrogen-bond acceptors (Lipinski definition) is 2. The molecule has 0 heterocycles. The van der Waals surface area contributed by atoms with E-state index in [9.17, 15) is 4.79 Å². The summed E-state index contributed by atoms with van der Waals surface area (Å²) in [7, 11) is 0. The lowest BCUT2D eigenvalue weighted by Crippen LogP contribution is -2.51. The van der Waals surface area contributed by atoms with Crippen LogP contribution < -0.4 is 10.1 Å². The highest BCUT2D eigenvalue weighted by Crippen LogP contribution is 2.29. The Morgan fingerprint density at radius 3 is 2.55 bits per heavy atom. The smallest absolute Gasteiger partial charge is 0.223 e. The molecule has 0 aromatic heterocycles. The molecular formula is C16H22BrNO2. The van der Waals surface area contributed by atoms with Crippen molar-refractivity contribution in [2.75, 3.05) is 11.9 Å². The Labute approximate surface area is 129 Å². The lowest BCUT2D eigenvalue weighted by molar-refractivity contribution is -0.123. The van der Waals surface area contributed by atoms with Gasteiger partial charge in [0.1, 0.15) is 5.75 Å². The summed E-state index contributed by atoms with van der Waals surface area (Å²) >= 11 is 3.56. The first-order valence-corrected chi connectivity index (χ1v) is 8.41. The van der Waals surface area contributed by atoms with Gasteiger partial charge in [-0.05, 0) is 25.0 Å². The van der Waals surface area contributed by atoms with E-state index in [4.69, 9.17) is 4.74 Å². The number of nitrogens with one attached hydrogen (secondary N) is 1. The SMILES string of the molecule is O=C(CCOc1ccccc1)NC1(CBr)CCCCC1. The predicted octanol–water partition coefficient (Wildman–Crippen LogP) is 3.67. The fourth-order valence-electron chi connectivity index (χ4n) is 2.66. The van der Waals surface area contributed by atoms with Crippen molar-refractivity contribution >= 4 is 21.8 Å². The highest BCUT2D eigenvalue weighted by atomic mass is 79.9. The van der Waals surface area contributed by atoms with Gasteiger partial charge in [0.2, 0.25) is 5.91 Å². The molecule has 1 aromatic carbocycles. The monoisotopic (exact) mass is 339 g/mol. The van der Waals surface area contributed by atoms with Gasteiger partial charge in [0.05, 0.1) is 13.0 Å². The standard InChI is InChI=1S/C16H22BrNO2/c17-13-16(10-5-2-6-11-16)18-15(19)9-12-20-14-7-3-1-4-8-14/h1,3-4,7-8H,2,5-6,9-13H2,(H,18,19). The predicted molar refractivity (Wildman–Crippen MR) is 84.3 cm³/mol. The maximum Gasteiger partial charge on any atom is 0.223 e. The third-order valence-electron chi connectivity index (χ3n) is 3.81. The van der Waals surface area contributed by atoms with Crippen LogP contribution in [0.15, 0.2) is 30.3 Å². The van der Waals surface area contributed by atoms with Crippen molar-refractivity contribution in [1.29, 1.82) is 0 Å². The Kier molecular flexibility index (Phi) is 5.89. The molecule has 1 saturated carbocycles. The van der Waals surface area contributed by atoms with Gasteiger partial charge in [0, 0.05) is 10.9 Å². The van der Waals surface area contributed by atoms with Gasteiger partial charge in [-0.25, -0.2) is 0 Å². The number of benzene rings is 1. The van der Waals surface area contributed by atoms with E-state index < -0.39 is 0 Å². The van der Waals surface area contributed by atoms with Crippen LogP contribution >= 0.6 is 15.9 Å². The van der Waals surface area contributed by atoms with E-state index in [2.05, 4.69) is 21.2 Å². The first kappa shape index (κ1) is 15.4. The number of alkyl halides is 1. The van der Waals surface area contributed by atoms with Crippen molar-refractivity contribution in [2.24, 2.45) is 0 Å². The van der Waals surface area contributed by atoms with Crippen molar-refractivity contribution in [1.82, 2.24) is 5.32 Å². The van der Waals surface area contributed by atoms with Crippen LogP contribution in [-0.4, -0.2) is 23.4 Å². The summed E-state index contributed by atoms with van der Waals surface area (Å²) in [5.41, 5.74) is -0.0396. The summed E-state index contributed by atoms with van der Waals surface area (Å²) in [5.74, 6) is 0.899. The molecule has 0 saturated heterocycles. The minimum atomic E-state index is -0.0396. The normalized spacial score (nSPS) is 17.4. The van der Waals surface area contributed by atoms with E-state index in [1.807, 2.05) is 30.3 Å². The molecule has 20 heavy (non-hydrogen) atoms. The van der Waals surface area contributed by atoms with Crippen molar-refractivity contribution in [3.05, 3.63) is 30.3 Å². The third kappa shape index (κ3) is 4.51. The number of amides is 1. The number of carbonyl (C=O) groups is 1. The number of halogens is 1. The van der Waals surface area contributed by atoms with E-state index in [0.717, 1.165) is 23.9 Å². The molecule has 0 radical (unpaired) electrons. The van der Waals surface area contributed by atoms with Crippen LogP contribution in [0.2, 0.25) is 0 Å². The van der Waals surface area contributed by atoms with Crippen LogP contribution in [0, 0.1) is 0 Å². The Morgan fingerprint density at radius 2 is 1.90 bits per heavy atom. The van der Waals surface area contributed by atoms with Gasteiger partial charge in [-0.3, -0.25) is 4.79 Å². The largest absolute Gasteiger partial charge is 0.493 e. The second-order valence-electron chi connectivity index (χ2n) is 5.43. The second-order valence-corrected chi connectivity index (χ2v) is 6.00. The average molecular weight is 340 g/mol. The van der Waals surface area contributed by atoms with E-state index in [0.29, 0.717) is 13.0 Å².